The summed E-state index contributed by atoms with van der Waals surface area (Å²) < 4.78 is 5.93. The average molecular weight is 298 g/mol. The average Bonchev–Trinajstić information content (AvgIpc) is 2.54. The van der Waals surface area contributed by atoms with Crippen LogP contribution in [0.15, 0.2) is 0 Å². The van der Waals surface area contributed by atoms with E-state index in [1.54, 1.807) is 0 Å². The highest BCUT2D eigenvalue weighted by atomic mass is 16.5. The second-order valence-electron chi connectivity index (χ2n) is 6.36. The van der Waals surface area contributed by atoms with Crippen molar-refractivity contribution in [3.8, 4) is 0 Å². The number of nitrogens with two attached hydrogens (primary N) is 1. The molecule has 2 atom stereocenters. The molecule has 2 fully saturated rings. The maximum absolute atomic E-state index is 5.93. The van der Waals surface area contributed by atoms with E-state index in [4.69, 9.17) is 10.5 Å². The van der Waals surface area contributed by atoms with Crippen molar-refractivity contribution in [2.75, 3.05) is 65.5 Å². The lowest BCUT2D eigenvalue weighted by Gasteiger charge is -2.41. The van der Waals surface area contributed by atoms with Crippen LogP contribution in [-0.2, 0) is 4.74 Å². The first-order chi connectivity index (χ1) is 10.3. The number of piperazine rings is 1. The largest absolute Gasteiger partial charge is 0.374 e. The summed E-state index contributed by atoms with van der Waals surface area (Å²) in [5.74, 6) is 0. The number of nitrogens with zero attached hydrogens (tertiary/aromatic N) is 3. The Morgan fingerprint density at radius 2 is 1.86 bits per heavy atom. The van der Waals surface area contributed by atoms with Gasteiger partial charge in [-0.05, 0) is 25.9 Å². The first kappa shape index (κ1) is 17.2. The molecular weight excluding hydrogens is 264 g/mol. The topological polar surface area (TPSA) is 45.0 Å². The minimum atomic E-state index is 0.399. The first-order valence-corrected chi connectivity index (χ1v) is 8.77. The van der Waals surface area contributed by atoms with Gasteiger partial charge < -0.3 is 10.5 Å². The molecule has 5 nitrogen and oxygen atoms in total. The monoisotopic (exact) mass is 298 g/mol. The molecule has 0 bridgehead atoms. The summed E-state index contributed by atoms with van der Waals surface area (Å²) in [6.07, 6.45) is 2.75. The van der Waals surface area contributed by atoms with Gasteiger partial charge in [0.1, 0.15) is 0 Å². The highest BCUT2D eigenvalue weighted by Crippen LogP contribution is 2.13. The molecule has 2 saturated heterocycles. The molecule has 0 saturated carbocycles. The van der Waals surface area contributed by atoms with Crippen molar-refractivity contribution in [3.05, 3.63) is 0 Å². The molecule has 5 heteroatoms. The van der Waals surface area contributed by atoms with Crippen LogP contribution in [0, 0.1) is 0 Å². The molecule has 0 radical (unpaired) electrons. The standard InChI is InChI=1S/C16H34N4O/c1-3-15(5-6-17)20-9-7-19(8-10-20)14-16-13-18(4-2)11-12-21-16/h15-16H,3-14,17H2,1-2H3. The zero-order valence-electron chi connectivity index (χ0n) is 14.0. The van der Waals surface area contributed by atoms with Crippen LogP contribution >= 0.6 is 0 Å². The van der Waals surface area contributed by atoms with E-state index in [1.165, 1.54) is 32.6 Å². The van der Waals surface area contributed by atoms with E-state index in [2.05, 4.69) is 28.5 Å². The van der Waals surface area contributed by atoms with Crippen molar-refractivity contribution >= 4 is 0 Å². The number of ether oxygens (including phenoxy) is 1. The molecule has 0 aromatic heterocycles. The second-order valence-corrected chi connectivity index (χ2v) is 6.36. The van der Waals surface area contributed by atoms with E-state index in [1.807, 2.05) is 0 Å². The van der Waals surface area contributed by atoms with Crippen LogP contribution in [0.2, 0.25) is 0 Å². The van der Waals surface area contributed by atoms with Gasteiger partial charge in [0.2, 0.25) is 0 Å². The molecule has 124 valence electrons. The lowest BCUT2D eigenvalue weighted by molar-refractivity contribution is -0.0484. The van der Waals surface area contributed by atoms with Gasteiger partial charge in [-0.25, -0.2) is 0 Å². The van der Waals surface area contributed by atoms with E-state index >= 15 is 0 Å². The predicted octanol–water partition coefficient (Wildman–Crippen LogP) is 0.452. The lowest BCUT2D eigenvalue weighted by Crippen LogP contribution is -2.54. The number of rotatable bonds is 7. The van der Waals surface area contributed by atoms with Gasteiger partial charge in [0.15, 0.2) is 0 Å². The third-order valence-electron chi connectivity index (χ3n) is 5.03. The number of hydrogen-bond acceptors (Lipinski definition) is 5. The van der Waals surface area contributed by atoms with Crippen molar-refractivity contribution in [1.29, 1.82) is 0 Å². The summed E-state index contributed by atoms with van der Waals surface area (Å²) in [5.41, 5.74) is 5.73. The minimum absolute atomic E-state index is 0.399. The Morgan fingerprint density at radius 3 is 2.48 bits per heavy atom. The molecular formula is C16H34N4O. The van der Waals surface area contributed by atoms with Gasteiger partial charge in [-0.2, -0.15) is 0 Å². The smallest absolute Gasteiger partial charge is 0.0829 e. The van der Waals surface area contributed by atoms with Gasteiger partial charge in [-0.15, -0.1) is 0 Å². The van der Waals surface area contributed by atoms with Gasteiger partial charge in [0.25, 0.3) is 0 Å². The SMILES string of the molecule is CCC(CCN)N1CCN(CC2CN(CC)CCO2)CC1. The van der Waals surface area contributed by atoms with Crippen molar-refractivity contribution in [3.63, 3.8) is 0 Å². The minimum Gasteiger partial charge on any atom is -0.374 e. The Balaban J connectivity index is 1.71. The molecule has 2 N–H and O–H groups in total. The molecule has 2 heterocycles. The van der Waals surface area contributed by atoms with Crippen molar-refractivity contribution in [2.45, 2.75) is 38.8 Å². The Hall–Kier alpha value is -0.200. The number of morpholine rings is 1. The fourth-order valence-electron chi connectivity index (χ4n) is 3.61. The summed E-state index contributed by atoms with van der Waals surface area (Å²) in [6, 6.07) is 0.679. The Kier molecular flexibility index (Phi) is 7.40. The van der Waals surface area contributed by atoms with Crippen LogP contribution in [0.4, 0.5) is 0 Å². The zero-order chi connectivity index (χ0) is 15.1. The van der Waals surface area contributed by atoms with Crippen LogP contribution in [0.3, 0.4) is 0 Å². The summed E-state index contributed by atoms with van der Waals surface area (Å²) >= 11 is 0. The molecule has 2 aliphatic rings. The molecule has 0 aromatic rings. The van der Waals surface area contributed by atoms with Crippen LogP contribution in [-0.4, -0.2) is 92.4 Å². The number of hydrogen-bond donors (Lipinski definition) is 1. The van der Waals surface area contributed by atoms with E-state index < -0.39 is 0 Å². The van der Waals surface area contributed by atoms with Crippen LogP contribution in [0.1, 0.15) is 26.7 Å². The Morgan fingerprint density at radius 1 is 1.10 bits per heavy atom. The van der Waals surface area contributed by atoms with Crippen molar-refractivity contribution < 1.29 is 4.74 Å². The summed E-state index contributed by atoms with van der Waals surface area (Å²) in [6.45, 7) is 15.4. The van der Waals surface area contributed by atoms with Crippen LogP contribution < -0.4 is 5.73 Å². The molecule has 2 rings (SSSR count). The van der Waals surface area contributed by atoms with E-state index in [0.717, 1.165) is 45.8 Å². The molecule has 21 heavy (non-hydrogen) atoms. The number of likely N-dealkylation sites (N-methyl/N-ethyl adjacent to an activating group) is 1. The fourth-order valence-corrected chi connectivity index (χ4v) is 3.61. The Labute approximate surface area is 130 Å². The maximum atomic E-state index is 5.93. The highest BCUT2D eigenvalue weighted by molar-refractivity contribution is 4.81. The van der Waals surface area contributed by atoms with Gasteiger partial charge in [0.05, 0.1) is 12.7 Å². The Bertz CT molecular complexity index is 281. The van der Waals surface area contributed by atoms with Crippen LogP contribution in [0.5, 0.6) is 0 Å². The summed E-state index contributed by atoms with van der Waals surface area (Å²) in [5, 5.41) is 0. The quantitative estimate of drug-likeness (QED) is 0.739. The lowest BCUT2D eigenvalue weighted by atomic mass is 10.1. The van der Waals surface area contributed by atoms with Crippen molar-refractivity contribution in [1.82, 2.24) is 14.7 Å². The molecule has 0 aliphatic carbocycles. The summed E-state index contributed by atoms with van der Waals surface area (Å²) in [4.78, 5) is 7.71. The van der Waals surface area contributed by atoms with E-state index in [-0.39, 0.29) is 0 Å². The molecule has 0 aromatic carbocycles. The zero-order valence-corrected chi connectivity index (χ0v) is 14.0. The highest BCUT2D eigenvalue weighted by Gasteiger charge is 2.26. The predicted molar refractivity (Wildman–Crippen MR) is 87.6 cm³/mol. The van der Waals surface area contributed by atoms with E-state index in [0.29, 0.717) is 12.1 Å². The van der Waals surface area contributed by atoms with Gasteiger partial charge in [0, 0.05) is 51.9 Å². The van der Waals surface area contributed by atoms with E-state index in [9.17, 15) is 0 Å². The second kappa shape index (κ2) is 9.06. The van der Waals surface area contributed by atoms with Crippen molar-refractivity contribution in [2.24, 2.45) is 5.73 Å². The maximum Gasteiger partial charge on any atom is 0.0829 e. The van der Waals surface area contributed by atoms with Crippen LogP contribution in [0.25, 0.3) is 0 Å². The van der Waals surface area contributed by atoms with Gasteiger partial charge in [-0.3, -0.25) is 14.7 Å². The summed E-state index contributed by atoms with van der Waals surface area (Å²) in [7, 11) is 0. The molecule has 2 unspecified atom stereocenters. The van der Waals surface area contributed by atoms with Gasteiger partial charge in [-0.1, -0.05) is 13.8 Å². The third-order valence-corrected chi connectivity index (χ3v) is 5.03. The van der Waals surface area contributed by atoms with Gasteiger partial charge >= 0.3 is 0 Å². The fraction of sp³-hybridized carbons (Fsp3) is 1.00. The normalized spacial score (nSPS) is 27.9. The molecule has 0 spiro atoms. The third kappa shape index (κ3) is 5.18. The molecule has 0 amide bonds. The molecule has 2 aliphatic heterocycles. The first-order valence-electron chi connectivity index (χ1n) is 8.77.